The van der Waals surface area contributed by atoms with Crippen LogP contribution < -0.4 is 16.0 Å². The Kier molecular flexibility index (Phi) is 8.36. The van der Waals surface area contributed by atoms with Gasteiger partial charge < -0.3 is 16.0 Å². The Hall–Kier alpha value is -3.22. The Labute approximate surface area is 198 Å². The predicted octanol–water partition coefficient (Wildman–Crippen LogP) is 5.28. The Balaban J connectivity index is 1.47. The van der Waals surface area contributed by atoms with E-state index in [-0.39, 0.29) is 29.4 Å². The summed E-state index contributed by atoms with van der Waals surface area (Å²) in [6.45, 7) is 1.94. The second-order valence-corrected chi connectivity index (χ2v) is 8.09. The third-order valence-electron chi connectivity index (χ3n) is 4.88. The number of rotatable bonds is 7. The van der Waals surface area contributed by atoms with Crippen LogP contribution in [0.25, 0.3) is 0 Å². The largest absolute Gasteiger partial charge is 0.346 e. The molecule has 1 atom stereocenters. The van der Waals surface area contributed by atoms with Crippen molar-refractivity contribution in [2.45, 2.75) is 25.8 Å². The highest BCUT2D eigenvalue weighted by Gasteiger charge is 2.12. The molecule has 0 aliphatic rings. The van der Waals surface area contributed by atoms with Crippen molar-refractivity contribution in [2.75, 3.05) is 5.32 Å². The lowest BCUT2D eigenvalue weighted by atomic mass is 10.1. The van der Waals surface area contributed by atoms with Crippen LogP contribution in [0.3, 0.4) is 0 Å². The van der Waals surface area contributed by atoms with E-state index in [1.807, 2.05) is 55.5 Å². The van der Waals surface area contributed by atoms with Crippen LogP contribution in [0.1, 0.15) is 40.9 Å². The first kappa shape index (κ1) is 23.4. The van der Waals surface area contributed by atoms with Crippen LogP contribution in [0.2, 0.25) is 5.02 Å². The average molecular weight is 466 g/mol. The van der Waals surface area contributed by atoms with Crippen LogP contribution in [-0.2, 0) is 11.2 Å². The van der Waals surface area contributed by atoms with E-state index in [9.17, 15) is 9.59 Å². The number of amides is 2. The predicted molar refractivity (Wildman–Crippen MR) is 133 cm³/mol. The molecule has 7 heteroatoms. The lowest BCUT2D eigenvalue weighted by Gasteiger charge is -2.15. The fourth-order valence-corrected chi connectivity index (χ4v) is 3.57. The number of benzene rings is 3. The normalized spacial score (nSPS) is 11.3. The number of aryl methyl sites for hydroxylation is 1. The molecule has 0 saturated heterocycles. The average Bonchev–Trinajstić information content (AvgIpc) is 2.79. The van der Waals surface area contributed by atoms with Crippen LogP contribution in [0.4, 0.5) is 5.69 Å². The number of anilines is 1. The summed E-state index contributed by atoms with van der Waals surface area (Å²) < 4.78 is 0. The van der Waals surface area contributed by atoms with Crippen LogP contribution >= 0.6 is 23.8 Å². The van der Waals surface area contributed by atoms with E-state index in [2.05, 4.69) is 16.0 Å². The molecule has 0 aliphatic heterocycles. The fourth-order valence-electron chi connectivity index (χ4n) is 3.11. The van der Waals surface area contributed by atoms with Gasteiger partial charge in [0.2, 0.25) is 5.91 Å². The number of carbonyl (C=O) groups excluding carboxylic acids is 2. The fraction of sp³-hybridized carbons (Fsp3) is 0.160. The van der Waals surface area contributed by atoms with Gasteiger partial charge in [0.05, 0.1) is 6.04 Å². The molecule has 3 aromatic rings. The summed E-state index contributed by atoms with van der Waals surface area (Å²) in [5, 5.41) is 9.43. The van der Waals surface area contributed by atoms with Crippen molar-refractivity contribution in [3.05, 3.63) is 101 Å². The zero-order chi connectivity index (χ0) is 22.9. The second kappa shape index (κ2) is 11.4. The Morgan fingerprint density at radius 1 is 0.938 bits per heavy atom. The first-order chi connectivity index (χ1) is 15.4. The van der Waals surface area contributed by atoms with Crippen LogP contribution in [0.15, 0.2) is 78.9 Å². The number of nitrogens with one attached hydrogen (secondary N) is 3. The van der Waals surface area contributed by atoms with Crippen LogP contribution in [-0.4, -0.2) is 16.9 Å². The lowest BCUT2D eigenvalue weighted by Crippen LogP contribution is -2.34. The molecule has 3 aromatic carbocycles. The van der Waals surface area contributed by atoms with E-state index in [4.69, 9.17) is 23.8 Å². The smallest absolute Gasteiger partial charge is 0.251 e. The summed E-state index contributed by atoms with van der Waals surface area (Å²) in [5.74, 6) is -0.364. The molecule has 0 bridgehead atoms. The molecule has 0 fully saturated rings. The van der Waals surface area contributed by atoms with Gasteiger partial charge in [0.25, 0.3) is 5.91 Å². The molecule has 0 aliphatic carbocycles. The number of hydrogen-bond acceptors (Lipinski definition) is 3. The van der Waals surface area contributed by atoms with E-state index in [1.54, 1.807) is 30.3 Å². The monoisotopic (exact) mass is 465 g/mol. The minimum atomic E-state index is -0.201. The Bertz CT molecular complexity index is 1090. The standard InChI is InChI=1S/C25H24ClN3O2S/c1-17(18-7-3-2-4-8-18)27-24(31)20-11-14-21(15-12-20)28-25(32)29-23(30)16-13-19-9-5-6-10-22(19)26/h2-12,14-15,17H,13,16H2,1H3,(H,27,31)(H2,28,29,30,32). The summed E-state index contributed by atoms with van der Waals surface area (Å²) in [4.78, 5) is 24.7. The Morgan fingerprint density at radius 2 is 1.59 bits per heavy atom. The highest BCUT2D eigenvalue weighted by Crippen LogP contribution is 2.17. The van der Waals surface area contributed by atoms with Crippen molar-refractivity contribution in [2.24, 2.45) is 0 Å². The van der Waals surface area contributed by atoms with Gasteiger partial charge >= 0.3 is 0 Å². The minimum absolute atomic E-state index is 0.102. The second-order valence-electron chi connectivity index (χ2n) is 7.28. The van der Waals surface area contributed by atoms with Crippen LogP contribution in [0, 0.1) is 0 Å². The van der Waals surface area contributed by atoms with Crippen molar-refractivity contribution < 1.29 is 9.59 Å². The summed E-state index contributed by atoms with van der Waals surface area (Å²) in [7, 11) is 0. The van der Waals surface area contributed by atoms with Crippen LogP contribution in [0.5, 0.6) is 0 Å². The van der Waals surface area contributed by atoms with E-state index in [0.29, 0.717) is 22.7 Å². The van der Waals surface area contributed by atoms with E-state index in [0.717, 1.165) is 11.1 Å². The van der Waals surface area contributed by atoms with Gasteiger partial charge in [-0.25, -0.2) is 0 Å². The van der Waals surface area contributed by atoms with Crippen molar-refractivity contribution in [1.82, 2.24) is 10.6 Å². The zero-order valence-electron chi connectivity index (χ0n) is 17.6. The highest BCUT2D eigenvalue weighted by molar-refractivity contribution is 7.80. The van der Waals surface area contributed by atoms with Crippen molar-refractivity contribution in [3.63, 3.8) is 0 Å². The molecule has 3 rings (SSSR count). The van der Waals surface area contributed by atoms with Gasteiger partial charge in [0, 0.05) is 22.7 Å². The molecule has 32 heavy (non-hydrogen) atoms. The van der Waals surface area contributed by atoms with Gasteiger partial charge in [-0.1, -0.05) is 60.1 Å². The molecule has 0 aromatic heterocycles. The maximum Gasteiger partial charge on any atom is 0.251 e. The molecule has 164 valence electrons. The number of carbonyl (C=O) groups is 2. The number of hydrogen-bond donors (Lipinski definition) is 3. The SMILES string of the molecule is CC(NC(=O)c1ccc(NC(=S)NC(=O)CCc2ccccc2Cl)cc1)c1ccccc1. The molecule has 1 unspecified atom stereocenters. The molecular formula is C25H24ClN3O2S. The maximum absolute atomic E-state index is 12.5. The minimum Gasteiger partial charge on any atom is -0.346 e. The molecule has 2 amide bonds. The van der Waals surface area contributed by atoms with Gasteiger partial charge in [0.15, 0.2) is 5.11 Å². The van der Waals surface area contributed by atoms with E-state index in [1.165, 1.54) is 0 Å². The van der Waals surface area contributed by atoms with E-state index < -0.39 is 0 Å². The molecular weight excluding hydrogens is 442 g/mol. The highest BCUT2D eigenvalue weighted by atomic mass is 35.5. The number of thiocarbonyl (C=S) groups is 1. The first-order valence-corrected chi connectivity index (χ1v) is 11.0. The lowest BCUT2D eigenvalue weighted by molar-refractivity contribution is -0.119. The molecule has 0 radical (unpaired) electrons. The summed E-state index contributed by atoms with van der Waals surface area (Å²) in [6, 6.07) is 24.0. The van der Waals surface area contributed by atoms with Crippen molar-refractivity contribution in [1.29, 1.82) is 0 Å². The molecule has 0 saturated carbocycles. The molecule has 0 heterocycles. The summed E-state index contributed by atoms with van der Waals surface area (Å²) in [5.41, 5.74) is 3.16. The summed E-state index contributed by atoms with van der Waals surface area (Å²) >= 11 is 11.3. The Morgan fingerprint density at radius 3 is 2.28 bits per heavy atom. The third-order valence-corrected chi connectivity index (χ3v) is 5.46. The zero-order valence-corrected chi connectivity index (χ0v) is 19.2. The van der Waals surface area contributed by atoms with Gasteiger partial charge in [0.1, 0.15) is 0 Å². The molecule has 5 nitrogen and oxygen atoms in total. The van der Waals surface area contributed by atoms with Gasteiger partial charge in [-0.2, -0.15) is 0 Å². The van der Waals surface area contributed by atoms with Gasteiger partial charge in [-0.15, -0.1) is 0 Å². The van der Waals surface area contributed by atoms with Gasteiger partial charge in [-0.3, -0.25) is 9.59 Å². The summed E-state index contributed by atoms with van der Waals surface area (Å²) in [6.07, 6.45) is 0.795. The van der Waals surface area contributed by atoms with E-state index >= 15 is 0 Å². The molecule has 3 N–H and O–H groups in total. The topological polar surface area (TPSA) is 70.2 Å². The third kappa shape index (κ3) is 6.90. The molecule has 0 spiro atoms. The van der Waals surface area contributed by atoms with Crippen molar-refractivity contribution >= 4 is 46.4 Å². The maximum atomic E-state index is 12.5. The first-order valence-electron chi connectivity index (χ1n) is 10.2. The van der Waals surface area contributed by atoms with Crippen molar-refractivity contribution in [3.8, 4) is 0 Å². The number of halogens is 1. The quantitative estimate of drug-likeness (QED) is 0.415. The van der Waals surface area contributed by atoms with Gasteiger partial charge in [-0.05, 0) is 67.0 Å².